The average molecular weight is 759 g/mol. The maximum Gasteiger partial charge on any atom is 0.350 e. The van der Waals surface area contributed by atoms with E-state index in [1.165, 1.54) is 24.8 Å². The molecule has 1 saturated heterocycles. The van der Waals surface area contributed by atoms with Gasteiger partial charge in [-0.05, 0) is 78.3 Å². The van der Waals surface area contributed by atoms with E-state index in [2.05, 4.69) is 71.7 Å². The summed E-state index contributed by atoms with van der Waals surface area (Å²) in [4.78, 5) is 21.9. The van der Waals surface area contributed by atoms with Gasteiger partial charge in [0.05, 0.1) is 18.8 Å². The molecule has 0 N–H and O–H groups in total. The van der Waals surface area contributed by atoms with E-state index in [0.717, 1.165) is 49.3 Å². The predicted octanol–water partition coefficient (Wildman–Crippen LogP) is 7.93. The van der Waals surface area contributed by atoms with Crippen LogP contribution < -0.4 is 20.2 Å². The molecular formula is C42H56F2N8O3. The lowest BCUT2D eigenvalue weighted by Crippen LogP contribution is -2.46. The minimum atomic E-state index is -1.16. The fourth-order valence-corrected chi connectivity index (χ4v) is 7.37. The van der Waals surface area contributed by atoms with Crippen molar-refractivity contribution in [2.45, 2.75) is 80.5 Å². The van der Waals surface area contributed by atoms with E-state index in [9.17, 15) is 13.6 Å². The van der Waals surface area contributed by atoms with Gasteiger partial charge in [-0.15, -0.1) is 0 Å². The van der Waals surface area contributed by atoms with Crippen LogP contribution in [0.3, 0.4) is 0 Å². The first-order valence-electron chi connectivity index (χ1n) is 19.3. The topological polar surface area (TPSA) is 95.5 Å². The Labute approximate surface area is 323 Å². The van der Waals surface area contributed by atoms with E-state index in [1.54, 1.807) is 20.3 Å². The molecule has 55 heavy (non-hydrogen) atoms. The Morgan fingerprint density at radius 1 is 0.818 bits per heavy atom. The van der Waals surface area contributed by atoms with Crippen LogP contribution in [0.2, 0.25) is 0 Å². The van der Waals surface area contributed by atoms with Gasteiger partial charge in [0.1, 0.15) is 42.0 Å². The van der Waals surface area contributed by atoms with Gasteiger partial charge in [0, 0.05) is 49.2 Å². The highest BCUT2D eigenvalue weighted by Gasteiger charge is 2.36. The van der Waals surface area contributed by atoms with Crippen molar-refractivity contribution in [3.63, 3.8) is 0 Å². The monoisotopic (exact) mass is 758 g/mol. The molecule has 1 fully saturated rings. The molecule has 6 rings (SSSR count). The van der Waals surface area contributed by atoms with Crippen molar-refractivity contribution in [3.05, 3.63) is 113 Å². The fourth-order valence-electron chi connectivity index (χ4n) is 7.37. The van der Waals surface area contributed by atoms with Crippen molar-refractivity contribution in [1.82, 2.24) is 29.1 Å². The Morgan fingerprint density at radius 2 is 1.42 bits per heavy atom. The summed E-state index contributed by atoms with van der Waals surface area (Å²) in [6, 6.07) is 19.4. The van der Waals surface area contributed by atoms with Gasteiger partial charge in [-0.25, -0.2) is 32.5 Å². The second-order valence-electron chi connectivity index (χ2n) is 15.1. The zero-order valence-electron chi connectivity index (χ0n) is 33.5. The summed E-state index contributed by atoms with van der Waals surface area (Å²) >= 11 is 0. The lowest BCUT2D eigenvalue weighted by Gasteiger charge is -2.37. The summed E-state index contributed by atoms with van der Waals surface area (Å²) in [6.07, 6.45) is 4.93. The molecule has 0 saturated carbocycles. The Balaban J connectivity index is 0.00000285. The van der Waals surface area contributed by atoms with Crippen molar-refractivity contribution >= 4 is 11.4 Å². The summed E-state index contributed by atoms with van der Waals surface area (Å²) < 4.78 is 45.7. The number of piperazine rings is 1. The molecule has 0 radical (unpaired) electrons. The summed E-state index contributed by atoms with van der Waals surface area (Å²) in [5, 5.41) is 8.61. The maximum absolute atomic E-state index is 15.0. The summed E-state index contributed by atoms with van der Waals surface area (Å²) in [7, 11) is 0. The van der Waals surface area contributed by atoms with Crippen LogP contribution >= 0.6 is 0 Å². The minimum Gasteiger partial charge on any atom is -0.468 e. The number of ether oxygens (including phenoxy) is 2. The minimum absolute atomic E-state index is 0.0666. The van der Waals surface area contributed by atoms with Crippen LogP contribution in [0, 0.1) is 28.9 Å². The standard InChI is InChI=1S/C40H50F2N8O3.C2H6/c1-7-40(24-48-26-43-25-44-48,35-17-8-30(41)22-37(35)42)53-28-52-34-15-13-32(14-16-34)47-20-18-46(19-21-47)31-9-11-33(12-10-31)49-27-45-50(38(49)51)23-36(29(2)3)39(4,5)6;1-2/h8-17,22,25-27,29,36H,7,18-21,23-24,28H2,1-6H3;1-2H3. The Hall–Kier alpha value is -5.04. The molecule has 0 bridgehead atoms. The SMILES string of the molecule is CC.CCC(Cn1cncn1)(OCOc1ccc(N2CCN(c3ccc(-n4cnn(CC(C(C)C)C(C)(C)C)c4=O)cc3)CC2)cc1)c1ccc(F)cc1F. The van der Waals surface area contributed by atoms with E-state index in [0.29, 0.717) is 30.6 Å². The number of nitrogens with zero attached hydrogens (tertiary/aromatic N) is 8. The second-order valence-corrected chi connectivity index (χ2v) is 15.1. The van der Waals surface area contributed by atoms with Gasteiger partial charge < -0.3 is 19.3 Å². The Kier molecular flexibility index (Phi) is 13.5. The highest BCUT2D eigenvalue weighted by molar-refractivity contribution is 5.54. The van der Waals surface area contributed by atoms with Gasteiger partial charge in [0.25, 0.3) is 0 Å². The van der Waals surface area contributed by atoms with E-state index >= 15 is 0 Å². The smallest absolute Gasteiger partial charge is 0.350 e. The normalized spacial score (nSPS) is 15.0. The molecule has 0 aliphatic carbocycles. The molecule has 1 aliphatic heterocycles. The van der Waals surface area contributed by atoms with Crippen LogP contribution in [0.1, 0.15) is 67.4 Å². The molecule has 3 aromatic carbocycles. The third-order valence-corrected chi connectivity index (χ3v) is 10.4. The number of hydrogen-bond donors (Lipinski definition) is 0. The van der Waals surface area contributed by atoms with Crippen molar-refractivity contribution < 1.29 is 18.3 Å². The number of halogens is 2. The molecule has 2 unspecified atom stereocenters. The molecular weight excluding hydrogens is 703 g/mol. The van der Waals surface area contributed by atoms with Gasteiger partial charge in [-0.2, -0.15) is 10.2 Å². The molecule has 0 amide bonds. The number of anilines is 2. The van der Waals surface area contributed by atoms with Crippen LogP contribution in [0.15, 0.2) is 90.5 Å². The molecule has 0 spiro atoms. The van der Waals surface area contributed by atoms with Gasteiger partial charge in [0.2, 0.25) is 0 Å². The van der Waals surface area contributed by atoms with Crippen LogP contribution in [0.4, 0.5) is 20.2 Å². The second kappa shape index (κ2) is 18.1. The van der Waals surface area contributed by atoms with Crippen LogP contribution in [0.25, 0.3) is 5.69 Å². The highest BCUT2D eigenvalue weighted by Crippen LogP contribution is 2.35. The van der Waals surface area contributed by atoms with Crippen LogP contribution in [-0.2, 0) is 23.4 Å². The predicted molar refractivity (Wildman–Crippen MR) is 213 cm³/mol. The lowest BCUT2D eigenvalue weighted by atomic mass is 9.74. The first kappa shape index (κ1) is 41.1. The van der Waals surface area contributed by atoms with Crippen molar-refractivity contribution in [3.8, 4) is 11.4 Å². The van der Waals surface area contributed by atoms with Gasteiger partial charge in [0.15, 0.2) is 6.79 Å². The highest BCUT2D eigenvalue weighted by atomic mass is 19.1. The molecule has 2 atom stereocenters. The van der Waals surface area contributed by atoms with Crippen molar-refractivity contribution in [1.29, 1.82) is 0 Å². The van der Waals surface area contributed by atoms with Gasteiger partial charge in [-0.1, -0.05) is 61.5 Å². The summed E-state index contributed by atoms with van der Waals surface area (Å²) in [5.41, 5.74) is 2.00. The maximum atomic E-state index is 15.0. The lowest BCUT2D eigenvalue weighted by molar-refractivity contribution is -0.125. The van der Waals surface area contributed by atoms with Gasteiger partial charge >= 0.3 is 5.69 Å². The van der Waals surface area contributed by atoms with E-state index in [1.807, 2.05) is 57.2 Å². The molecule has 3 heterocycles. The first-order chi connectivity index (χ1) is 26.4. The first-order valence-corrected chi connectivity index (χ1v) is 19.3. The molecule has 13 heteroatoms. The van der Waals surface area contributed by atoms with Crippen LogP contribution in [0.5, 0.6) is 5.75 Å². The van der Waals surface area contributed by atoms with E-state index < -0.39 is 17.2 Å². The summed E-state index contributed by atoms with van der Waals surface area (Å²) in [5.74, 6) is 0.00808. The Morgan fingerprint density at radius 3 is 1.95 bits per heavy atom. The van der Waals surface area contributed by atoms with Crippen molar-refractivity contribution in [2.75, 3.05) is 42.8 Å². The van der Waals surface area contributed by atoms with Crippen LogP contribution in [-0.4, -0.2) is 62.1 Å². The number of rotatable bonds is 14. The van der Waals surface area contributed by atoms with Gasteiger partial charge in [-0.3, -0.25) is 0 Å². The van der Waals surface area contributed by atoms with Crippen molar-refractivity contribution in [2.24, 2.45) is 17.3 Å². The zero-order chi connectivity index (χ0) is 39.8. The number of aromatic nitrogens is 6. The largest absolute Gasteiger partial charge is 0.468 e. The fraction of sp³-hybridized carbons (Fsp3) is 0.476. The number of benzene rings is 3. The third-order valence-electron chi connectivity index (χ3n) is 10.4. The molecule has 296 valence electrons. The quantitative estimate of drug-likeness (QED) is 0.106. The molecule has 2 aromatic heterocycles. The molecule has 11 nitrogen and oxygen atoms in total. The average Bonchev–Trinajstić information content (AvgIpc) is 3.83. The summed E-state index contributed by atoms with van der Waals surface area (Å²) in [6.45, 7) is 20.9. The molecule has 5 aromatic rings. The van der Waals surface area contributed by atoms with E-state index in [4.69, 9.17) is 9.47 Å². The van der Waals surface area contributed by atoms with E-state index in [-0.39, 0.29) is 30.0 Å². The number of hydrogen-bond acceptors (Lipinski definition) is 8. The zero-order valence-corrected chi connectivity index (χ0v) is 33.5. The third kappa shape index (κ3) is 9.80. The molecule has 1 aliphatic rings. The Bertz CT molecular complexity index is 1980.